The quantitative estimate of drug-likeness (QED) is 0.718. The second-order valence-electron chi connectivity index (χ2n) is 7.38. The lowest BCUT2D eigenvalue weighted by molar-refractivity contribution is 0.230. The smallest absolute Gasteiger partial charge is 0.348 e. The summed E-state index contributed by atoms with van der Waals surface area (Å²) in [5.41, 5.74) is 2.73. The molecular weight excluding hydrogens is 279 g/mol. The lowest BCUT2D eigenvalue weighted by Gasteiger charge is -2.47. The van der Waals surface area contributed by atoms with Gasteiger partial charge in [-0.1, -0.05) is 42.8 Å². The molecule has 3 rings (SSSR count). The standard InChI is InChI=1S/C20H27BN2/c1-20(2,3)22-17-11-10-16-21(22)23(18-12-6-4-7-13-18)19-14-8-5-9-15-19/h4-9,12-15H,10-11,16-17H2,1-3H3. The zero-order valence-corrected chi connectivity index (χ0v) is 14.6. The molecule has 0 amide bonds. The van der Waals surface area contributed by atoms with Gasteiger partial charge in [-0.05, 0) is 64.3 Å². The molecule has 3 heteroatoms. The molecule has 0 N–H and O–H groups in total. The van der Waals surface area contributed by atoms with Crippen LogP contribution in [0.2, 0.25) is 6.32 Å². The molecule has 0 radical (unpaired) electrons. The van der Waals surface area contributed by atoms with Crippen molar-refractivity contribution in [1.82, 2.24) is 4.81 Å². The van der Waals surface area contributed by atoms with Crippen molar-refractivity contribution in [3.8, 4) is 0 Å². The van der Waals surface area contributed by atoms with Crippen molar-refractivity contribution in [3.05, 3.63) is 60.7 Å². The van der Waals surface area contributed by atoms with E-state index in [1.807, 2.05) is 0 Å². The Bertz CT molecular complexity index is 567. The summed E-state index contributed by atoms with van der Waals surface area (Å²) in [6.45, 7) is 8.58. The maximum absolute atomic E-state index is 2.66. The van der Waals surface area contributed by atoms with Gasteiger partial charge in [0.2, 0.25) is 0 Å². The molecule has 0 atom stereocenters. The van der Waals surface area contributed by atoms with Crippen LogP contribution in [-0.4, -0.2) is 23.9 Å². The van der Waals surface area contributed by atoms with Gasteiger partial charge in [0.1, 0.15) is 0 Å². The lowest BCUT2D eigenvalue weighted by atomic mass is 9.60. The van der Waals surface area contributed by atoms with Gasteiger partial charge in [-0.2, -0.15) is 0 Å². The average Bonchev–Trinajstić information content (AvgIpc) is 2.57. The zero-order valence-electron chi connectivity index (χ0n) is 14.6. The van der Waals surface area contributed by atoms with E-state index in [0.717, 1.165) is 0 Å². The Morgan fingerprint density at radius 1 is 0.826 bits per heavy atom. The van der Waals surface area contributed by atoms with Gasteiger partial charge in [0.15, 0.2) is 0 Å². The molecule has 1 aliphatic rings. The van der Waals surface area contributed by atoms with Gasteiger partial charge in [-0.25, -0.2) is 0 Å². The summed E-state index contributed by atoms with van der Waals surface area (Å²) in [6, 6.07) is 21.6. The van der Waals surface area contributed by atoms with Crippen LogP contribution < -0.4 is 4.81 Å². The van der Waals surface area contributed by atoms with Gasteiger partial charge in [-0.15, -0.1) is 0 Å². The predicted molar refractivity (Wildman–Crippen MR) is 101 cm³/mol. The van der Waals surface area contributed by atoms with E-state index in [0.29, 0.717) is 6.98 Å². The molecule has 0 aromatic heterocycles. The van der Waals surface area contributed by atoms with Gasteiger partial charge in [0.25, 0.3) is 0 Å². The van der Waals surface area contributed by atoms with Gasteiger partial charge in [0.05, 0.1) is 0 Å². The first-order valence-corrected chi connectivity index (χ1v) is 8.73. The maximum Gasteiger partial charge on any atom is 0.348 e. The maximum atomic E-state index is 2.66. The van der Waals surface area contributed by atoms with E-state index in [1.54, 1.807) is 0 Å². The largest absolute Gasteiger partial charge is 0.371 e. The molecule has 0 bridgehead atoms. The van der Waals surface area contributed by atoms with Crippen LogP contribution in [0.25, 0.3) is 0 Å². The molecule has 2 nitrogen and oxygen atoms in total. The third kappa shape index (κ3) is 3.61. The Hall–Kier alpha value is -1.74. The van der Waals surface area contributed by atoms with Crippen LogP contribution in [0, 0.1) is 0 Å². The number of hydrogen-bond acceptors (Lipinski definition) is 2. The Balaban J connectivity index is 2.04. The number of para-hydroxylation sites is 2. The van der Waals surface area contributed by atoms with E-state index >= 15 is 0 Å². The van der Waals surface area contributed by atoms with Crippen molar-refractivity contribution in [2.45, 2.75) is 45.5 Å². The minimum absolute atomic E-state index is 0.174. The Kier molecular flexibility index (Phi) is 4.77. The highest BCUT2D eigenvalue weighted by Crippen LogP contribution is 2.34. The third-order valence-corrected chi connectivity index (χ3v) is 4.70. The zero-order chi connectivity index (χ0) is 16.3. The molecule has 120 valence electrons. The number of anilines is 2. The summed E-state index contributed by atoms with van der Waals surface area (Å²) in [7, 11) is 0. The topological polar surface area (TPSA) is 6.48 Å². The van der Waals surface area contributed by atoms with Gasteiger partial charge >= 0.3 is 6.98 Å². The summed E-state index contributed by atoms with van der Waals surface area (Å²) < 4.78 is 0. The summed E-state index contributed by atoms with van der Waals surface area (Å²) in [4.78, 5) is 5.18. The number of hydrogen-bond donors (Lipinski definition) is 0. The first kappa shape index (κ1) is 16.1. The van der Waals surface area contributed by atoms with Crippen LogP contribution in [0.5, 0.6) is 0 Å². The van der Waals surface area contributed by atoms with Crippen LogP contribution >= 0.6 is 0 Å². The van der Waals surface area contributed by atoms with Crippen molar-refractivity contribution >= 4 is 18.4 Å². The normalized spacial score (nSPS) is 16.4. The molecular formula is C20H27BN2. The van der Waals surface area contributed by atoms with Crippen molar-refractivity contribution in [3.63, 3.8) is 0 Å². The van der Waals surface area contributed by atoms with E-state index in [1.165, 1.54) is 37.1 Å². The van der Waals surface area contributed by atoms with Gasteiger partial charge < -0.3 is 9.62 Å². The van der Waals surface area contributed by atoms with Crippen LogP contribution in [0.3, 0.4) is 0 Å². The summed E-state index contributed by atoms with van der Waals surface area (Å²) in [5.74, 6) is 0. The molecule has 1 saturated heterocycles. The highest BCUT2D eigenvalue weighted by Gasteiger charge is 2.39. The van der Waals surface area contributed by atoms with Crippen LogP contribution in [-0.2, 0) is 0 Å². The molecule has 1 fully saturated rings. The lowest BCUT2D eigenvalue weighted by Crippen LogP contribution is -2.60. The summed E-state index contributed by atoms with van der Waals surface area (Å²) in [6.07, 6.45) is 3.81. The predicted octanol–water partition coefficient (Wildman–Crippen LogP) is 5.21. The highest BCUT2D eigenvalue weighted by molar-refractivity contribution is 6.62. The second kappa shape index (κ2) is 6.80. The Labute approximate surface area is 141 Å². The Morgan fingerprint density at radius 3 is 1.83 bits per heavy atom. The first-order valence-electron chi connectivity index (χ1n) is 8.73. The fourth-order valence-electron chi connectivity index (χ4n) is 3.64. The fraction of sp³-hybridized carbons (Fsp3) is 0.400. The van der Waals surface area contributed by atoms with Gasteiger partial charge in [0, 0.05) is 16.9 Å². The molecule has 0 unspecified atom stereocenters. The highest BCUT2D eigenvalue weighted by atomic mass is 15.3. The third-order valence-electron chi connectivity index (χ3n) is 4.70. The van der Waals surface area contributed by atoms with E-state index < -0.39 is 0 Å². The van der Waals surface area contributed by atoms with E-state index in [-0.39, 0.29) is 5.54 Å². The Morgan fingerprint density at radius 2 is 1.35 bits per heavy atom. The monoisotopic (exact) mass is 306 g/mol. The van der Waals surface area contributed by atoms with Crippen LogP contribution in [0.1, 0.15) is 33.6 Å². The fourth-order valence-corrected chi connectivity index (χ4v) is 3.64. The van der Waals surface area contributed by atoms with Gasteiger partial charge in [-0.3, -0.25) is 0 Å². The summed E-state index contributed by atoms with van der Waals surface area (Å²) >= 11 is 0. The first-order chi connectivity index (χ1) is 11.1. The molecule has 23 heavy (non-hydrogen) atoms. The molecule has 0 saturated carbocycles. The van der Waals surface area contributed by atoms with E-state index in [4.69, 9.17) is 0 Å². The van der Waals surface area contributed by atoms with E-state index in [2.05, 4.69) is 91.1 Å². The minimum atomic E-state index is 0.174. The van der Waals surface area contributed by atoms with Crippen LogP contribution in [0.4, 0.5) is 11.4 Å². The molecule has 2 aromatic carbocycles. The van der Waals surface area contributed by atoms with Crippen molar-refractivity contribution < 1.29 is 0 Å². The molecule has 2 aromatic rings. The molecule has 1 aliphatic heterocycles. The summed E-state index contributed by atoms with van der Waals surface area (Å²) in [5, 5.41) is 0. The molecule has 0 spiro atoms. The average molecular weight is 306 g/mol. The second-order valence-corrected chi connectivity index (χ2v) is 7.38. The molecule has 0 aliphatic carbocycles. The number of rotatable bonds is 3. The van der Waals surface area contributed by atoms with Crippen molar-refractivity contribution in [1.29, 1.82) is 0 Å². The van der Waals surface area contributed by atoms with Crippen LogP contribution in [0.15, 0.2) is 60.7 Å². The molecule has 1 heterocycles. The SMILES string of the molecule is CC(C)(C)N1CCCCB1N(c1ccccc1)c1ccccc1. The number of benzene rings is 2. The van der Waals surface area contributed by atoms with Crippen molar-refractivity contribution in [2.24, 2.45) is 0 Å². The van der Waals surface area contributed by atoms with Crippen molar-refractivity contribution in [2.75, 3.05) is 11.4 Å². The minimum Gasteiger partial charge on any atom is -0.371 e. The van der Waals surface area contributed by atoms with E-state index in [9.17, 15) is 0 Å². The number of nitrogens with zero attached hydrogens (tertiary/aromatic N) is 2.